The van der Waals surface area contributed by atoms with Crippen LogP contribution in [-0.4, -0.2) is 35.5 Å². The minimum atomic E-state index is 0.308. The van der Waals surface area contributed by atoms with Crippen molar-refractivity contribution in [3.8, 4) is 0 Å². The summed E-state index contributed by atoms with van der Waals surface area (Å²) < 4.78 is 0. The van der Waals surface area contributed by atoms with Crippen LogP contribution in [0.3, 0.4) is 0 Å². The van der Waals surface area contributed by atoms with Crippen molar-refractivity contribution in [1.82, 2.24) is 10.6 Å². The first-order chi connectivity index (χ1) is 9.72. The van der Waals surface area contributed by atoms with Crippen LogP contribution >= 0.6 is 11.8 Å². The molecule has 2 bridgehead atoms. The van der Waals surface area contributed by atoms with Crippen molar-refractivity contribution in [1.29, 1.82) is 0 Å². The molecule has 3 aliphatic rings. The summed E-state index contributed by atoms with van der Waals surface area (Å²) in [5.41, 5.74) is 0. The molecule has 1 saturated carbocycles. The lowest BCUT2D eigenvalue weighted by molar-refractivity contribution is -0.123. The van der Waals surface area contributed by atoms with E-state index in [1.54, 1.807) is 0 Å². The second kappa shape index (κ2) is 6.69. The summed E-state index contributed by atoms with van der Waals surface area (Å²) in [5, 5.41) is 7.72. The molecule has 3 fully saturated rings. The molecule has 0 aromatic heterocycles. The second-order valence-corrected chi connectivity index (χ2v) is 8.11. The second-order valence-electron chi connectivity index (χ2n) is 6.97. The van der Waals surface area contributed by atoms with Gasteiger partial charge in [0.05, 0.1) is 0 Å². The van der Waals surface area contributed by atoms with Crippen LogP contribution in [0.15, 0.2) is 0 Å². The van der Waals surface area contributed by atoms with Crippen LogP contribution in [0, 0.1) is 5.92 Å². The SMILES string of the molecule is CSC1CCCC(NC(=O)CC2CC3CCC(C2)N3)C1. The molecule has 1 aliphatic carbocycles. The Morgan fingerprint density at radius 2 is 1.90 bits per heavy atom. The van der Waals surface area contributed by atoms with Crippen molar-refractivity contribution >= 4 is 17.7 Å². The summed E-state index contributed by atoms with van der Waals surface area (Å²) in [6.45, 7) is 0. The minimum Gasteiger partial charge on any atom is -0.353 e. The number of hydrogen-bond acceptors (Lipinski definition) is 3. The Morgan fingerprint density at radius 1 is 1.15 bits per heavy atom. The number of amides is 1. The van der Waals surface area contributed by atoms with Crippen LogP contribution in [0.4, 0.5) is 0 Å². The molecule has 0 radical (unpaired) electrons. The Labute approximate surface area is 127 Å². The van der Waals surface area contributed by atoms with Crippen molar-refractivity contribution in [2.45, 2.75) is 81.2 Å². The quantitative estimate of drug-likeness (QED) is 0.838. The summed E-state index contributed by atoms with van der Waals surface area (Å²) in [6, 6.07) is 1.83. The highest BCUT2D eigenvalue weighted by Crippen LogP contribution is 2.33. The van der Waals surface area contributed by atoms with Crippen molar-refractivity contribution < 1.29 is 4.79 Å². The normalized spacial score (nSPS) is 40.5. The Morgan fingerprint density at radius 3 is 2.60 bits per heavy atom. The molecule has 114 valence electrons. The molecule has 2 aliphatic heterocycles. The fourth-order valence-electron chi connectivity index (χ4n) is 4.38. The summed E-state index contributed by atoms with van der Waals surface area (Å²) in [6.07, 6.45) is 13.0. The van der Waals surface area contributed by atoms with Gasteiger partial charge < -0.3 is 10.6 Å². The Kier molecular flexibility index (Phi) is 4.92. The van der Waals surface area contributed by atoms with E-state index in [-0.39, 0.29) is 0 Å². The van der Waals surface area contributed by atoms with Gasteiger partial charge in [0, 0.05) is 29.8 Å². The Hall–Kier alpha value is -0.220. The summed E-state index contributed by atoms with van der Waals surface area (Å²) >= 11 is 1.96. The van der Waals surface area contributed by atoms with Gasteiger partial charge in [-0.2, -0.15) is 11.8 Å². The number of thioether (sulfide) groups is 1. The van der Waals surface area contributed by atoms with E-state index in [0.29, 0.717) is 30.0 Å². The van der Waals surface area contributed by atoms with Crippen LogP contribution in [0.25, 0.3) is 0 Å². The van der Waals surface area contributed by atoms with Crippen molar-refractivity contribution in [3.63, 3.8) is 0 Å². The molecule has 0 aromatic carbocycles. The van der Waals surface area contributed by atoms with E-state index in [1.807, 2.05) is 11.8 Å². The van der Waals surface area contributed by atoms with Crippen LogP contribution in [0.2, 0.25) is 0 Å². The van der Waals surface area contributed by atoms with Gasteiger partial charge in [0.2, 0.25) is 5.91 Å². The van der Waals surface area contributed by atoms with Crippen LogP contribution in [0.1, 0.15) is 57.8 Å². The zero-order valence-electron chi connectivity index (χ0n) is 12.6. The van der Waals surface area contributed by atoms with Gasteiger partial charge in [0.1, 0.15) is 0 Å². The largest absolute Gasteiger partial charge is 0.353 e. The molecule has 3 nitrogen and oxygen atoms in total. The van der Waals surface area contributed by atoms with E-state index in [2.05, 4.69) is 16.9 Å². The molecule has 2 saturated heterocycles. The van der Waals surface area contributed by atoms with Crippen molar-refractivity contribution in [2.24, 2.45) is 5.92 Å². The molecule has 3 rings (SSSR count). The minimum absolute atomic E-state index is 0.308. The smallest absolute Gasteiger partial charge is 0.220 e. The van der Waals surface area contributed by atoms with E-state index >= 15 is 0 Å². The number of fused-ring (bicyclic) bond motifs is 2. The standard InChI is InChI=1S/C16H28N2OS/c1-20-15-4-2-3-12(10-15)18-16(19)9-11-7-13-5-6-14(8-11)17-13/h11-15,17H,2-10H2,1H3,(H,18,19). The van der Waals surface area contributed by atoms with Crippen molar-refractivity contribution in [2.75, 3.05) is 6.26 Å². The lowest BCUT2D eigenvalue weighted by atomic mass is 9.89. The number of hydrogen-bond donors (Lipinski definition) is 2. The third-order valence-electron chi connectivity index (χ3n) is 5.37. The molecular formula is C16H28N2OS. The van der Waals surface area contributed by atoms with E-state index in [0.717, 1.165) is 11.7 Å². The van der Waals surface area contributed by atoms with E-state index in [9.17, 15) is 4.79 Å². The molecule has 4 unspecified atom stereocenters. The lowest BCUT2D eigenvalue weighted by Gasteiger charge is -2.31. The third-order valence-corrected chi connectivity index (χ3v) is 6.46. The highest BCUT2D eigenvalue weighted by atomic mass is 32.2. The Bertz CT molecular complexity index is 337. The zero-order valence-corrected chi connectivity index (χ0v) is 13.4. The van der Waals surface area contributed by atoms with Crippen LogP contribution in [-0.2, 0) is 4.79 Å². The average Bonchev–Trinajstić information content (AvgIpc) is 2.78. The van der Waals surface area contributed by atoms with Gasteiger partial charge in [-0.25, -0.2) is 0 Å². The molecule has 20 heavy (non-hydrogen) atoms. The highest BCUT2D eigenvalue weighted by Gasteiger charge is 2.34. The molecule has 2 heterocycles. The number of piperidine rings is 1. The summed E-state index contributed by atoms with van der Waals surface area (Å²) in [7, 11) is 0. The van der Waals surface area contributed by atoms with E-state index < -0.39 is 0 Å². The molecular weight excluding hydrogens is 268 g/mol. The van der Waals surface area contributed by atoms with Gasteiger partial charge in [-0.05, 0) is 57.1 Å². The van der Waals surface area contributed by atoms with Crippen LogP contribution in [0.5, 0.6) is 0 Å². The number of carbonyl (C=O) groups is 1. The monoisotopic (exact) mass is 296 g/mol. The highest BCUT2D eigenvalue weighted by molar-refractivity contribution is 7.99. The molecule has 0 spiro atoms. The molecule has 2 N–H and O–H groups in total. The molecule has 4 heteroatoms. The topological polar surface area (TPSA) is 41.1 Å². The zero-order chi connectivity index (χ0) is 13.9. The Balaban J connectivity index is 1.43. The van der Waals surface area contributed by atoms with Crippen molar-refractivity contribution in [3.05, 3.63) is 0 Å². The molecule has 0 aromatic rings. The number of nitrogens with one attached hydrogen (secondary N) is 2. The first-order valence-corrected chi connectivity index (χ1v) is 9.60. The predicted octanol–water partition coefficient (Wildman–Crippen LogP) is 2.70. The van der Waals surface area contributed by atoms with Gasteiger partial charge in [-0.15, -0.1) is 0 Å². The molecule has 1 amide bonds. The van der Waals surface area contributed by atoms with Gasteiger partial charge in [0.15, 0.2) is 0 Å². The average molecular weight is 296 g/mol. The summed E-state index contributed by atoms with van der Waals surface area (Å²) in [4.78, 5) is 12.3. The first-order valence-electron chi connectivity index (χ1n) is 8.31. The van der Waals surface area contributed by atoms with Gasteiger partial charge >= 0.3 is 0 Å². The maximum absolute atomic E-state index is 12.3. The fraction of sp³-hybridized carbons (Fsp3) is 0.938. The number of carbonyl (C=O) groups excluding carboxylic acids is 1. The van der Waals surface area contributed by atoms with E-state index in [4.69, 9.17) is 0 Å². The van der Waals surface area contributed by atoms with Gasteiger partial charge in [-0.1, -0.05) is 6.42 Å². The number of rotatable bonds is 4. The maximum Gasteiger partial charge on any atom is 0.220 e. The van der Waals surface area contributed by atoms with E-state index in [1.165, 1.54) is 51.4 Å². The third kappa shape index (κ3) is 3.70. The summed E-state index contributed by atoms with van der Waals surface area (Å²) in [5.74, 6) is 0.928. The fourth-order valence-corrected chi connectivity index (χ4v) is 5.21. The lowest BCUT2D eigenvalue weighted by Crippen LogP contribution is -2.42. The van der Waals surface area contributed by atoms with Gasteiger partial charge in [0.25, 0.3) is 0 Å². The predicted molar refractivity (Wildman–Crippen MR) is 85.0 cm³/mol. The maximum atomic E-state index is 12.3. The van der Waals surface area contributed by atoms with Crippen LogP contribution < -0.4 is 10.6 Å². The van der Waals surface area contributed by atoms with Gasteiger partial charge in [-0.3, -0.25) is 4.79 Å². The first kappa shape index (κ1) is 14.7. The molecule has 4 atom stereocenters.